The Bertz CT molecular complexity index is 249. The van der Waals surface area contributed by atoms with Crippen LogP contribution in [0.4, 0.5) is 0 Å². The Morgan fingerprint density at radius 2 is 2.38 bits per heavy atom. The predicted octanol–water partition coefficient (Wildman–Crippen LogP) is 0.0960. The van der Waals surface area contributed by atoms with Crippen LogP contribution in [0.5, 0.6) is 0 Å². The Kier molecular flexibility index (Phi) is 3.85. The van der Waals surface area contributed by atoms with Crippen molar-refractivity contribution in [2.45, 2.75) is 20.4 Å². The van der Waals surface area contributed by atoms with E-state index < -0.39 is 0 Å². The Hall–Kier alpha value is -0.940. The fourth-order valence-electron chi connectivity index (χ4n) is 0.902. The van der Waals surface area contributed by atoms with Crippen molar-refractivity contribution in [1.29, 1.82) is 0 Å². The monoisotopic (exact) mass is 185 g/mol. The Morgan fingerprint density at radius 1 is 1.62 bits per heavy atom. The van der Waals surface area contributed by atoms with E-state index in [9.17, 15) is 0 Å². The number of hydrogen-bond donors (Lipinski definition) is 2. The van der Waals surface area contributed by atoms with Gasteiger partial charge in [0.1, 0.15) is 0 Å². The van der Waals surface area contributed by atoms with E-state index in [4.69, 9.17) is 9.63 Å². The topological polar surface area (TPSA) is 71.2 Å². The van der Waals surface area contributed by atoms with Gasteiger partial charge in [-0.1, -0.05) is 12.1 Å². The zero-order valence-electron chi connectivity index (χ0n) is 7.95. The molecule has 13 heavy (non-hydrogen) atoms. The summed E-state index contributed by atoms with van der Waals surface area (Å²) < 4.78 is 4.89. The van der Waals surface area contributed by atoms with Crippen LogP contribution in [0.1, 0.15) is 18.6 Å². The van der Waals surface area contributed by atoms with Crippen molar-refractivity contribution >= 4 is 0 Å². The highest BCUT2D eigenvalue weighted by molar-refractivity contribution is 4.81. The molecule has 0 spiro atoms. The molecule has 2 N–H and O–H groups in total. The normalized spacial score (nSPS) is 13.2. The number of rotatable bonds is 5. The first-order valence-corrected chi connectivity index (χ1v) is 4.33. The van der Waals surface area contributed by atoms with Crippen molar-refractivity contribution in [2.24, 2.45) is 5.92 Å². The summed E-state index contributed by atoms with van der Waals surface area (Å²) in [5, 5.41) is 15.5. The largest absolute Gasteiger partial charge is 0.396 e. The average molecular weight is 185 g/mol. The van der Waals surface area contributed by atoms with Crippen LogP contribution in [0.3, 0.4) is 0 Å². The Morgan fingerprint density at radius 3 is 2.92 bits per heavy atom. The molecule has 5 nitrogen and oxygen atoms in total. The van der Waals surface area contributed by atoms with Crippen LogP contribution >= 0.6 is 0 Å². The molecule has 0 radical (unpaired) electrons. The van der Waals surface area contributed by atoms with Crippen molar-refractivity contribution < 1.29 is 9.63 Å². The minimum atomic E-state index is 0.190. The lowest BCUT2D eigenvalue weighted by molar-refractivity contribution is 0.231. The smallest absolute Gasteiger partial charge is 0.240 e. The first-order valence-electron chi connectivity index (χ1n) is 4.33. The highest BCUT2D eigenvalue weighted by atomic mass is 16.5. The molecule has 1 rings (SSSR count). The molecule has 0 aromatic carbocycles. The highest BCUT2D eigenvalue weighted by Crippen LogP contribution is 1.95. The maximum Gasteiger partial charge on any atom is 0.240 e. The molecule has 0 fully saturated rings. The summed E-state index contributed by atoms with van der Waals surface area (Å²) in [6.07, 6.45) is 0. The van der Waals surface area contributed by atoms with Crippen LogP contribution in [-0.2, 0) is 6.54 Å². The molecule has 0 bridgehead atoms. The van der Waals surface area contributed by atoms with Crippen LogP contribution < -0.4 is 5.32 Å². The Labute approximate surface area is 77.2 Å². The lowest BCUT2D eigenvalue weighted by Crippen LogP contribution is -2.22. The summed E-state index contributed by atoms with van der Waals surface area (Å²) in [6.45, 7) is 5.24. The van der Waals surface area contributed by atoms with Gasteiger partial charge in [0.05, 0.1) is 6.54 Å². The van der Waals surface area contributed by atoms with Crippen molar-refractivity contribution in [1.82, 2.24) is 15.5 Å². The van der Waals surface area contributed by atoms with Gasteiger partial charge in [0.2, 0.25) is 5.89 Å². The minimum absolute atomic E-state index is 0.190. The number of hydrogen-bond acceptors (Lipinski definition) is 5. The van der Waals surface area contributed by atoms with Crippen molar-refractivity contribution in [3.8, 4) is 0 Å². The third kappa shape index (κ3) is 3.52. The molecule has 1 aromatic rings. The third-order valence-corrected chi connectivity index (χ3v) is 1.65. The number of nitrogens with one attached hydrogen (secondary N) is 1. The first kappa shape index (κ1) is 10.1. The zero-order valence-corrected chi connectivity index (χ0v) is 7.95. The van der Waals surface area contributed by atoms with Crippen molar-refractivity contribution in [3.05, 3.63) is 11.7 Å². The van der Waals surface area contributed by atoms with Crippen LogP contribution in [0.15, 0.2) is 4.52 Å². The standard InChI is InChI=1S/C8H15N3O2/c1-6(5-12)3-9-4-8-10-7(2)11-13-8/h6,9,12H,3-5H2,1-2H3. The molecule has 1 unspecified atom stereocenters. The molecule has 0 saturated heterocycles. The fraction of sp³-hybridized carbons (Fsp3) is 0.750. The van der Waals surface area contributed by atoms with Gasteiger partial charge in [-0.05, 0) is 12.8 Å². The van der Waals surface area contributed by atoms with E-state index in [-0.39, 0.29) is 12.5 Å². The van der Waals surface area contributed by atoms with Gasteiger partial charge in [-0.2, -0.15) is 4.98 Å². The summed E-state index contributed by atoms with van der Waals surface area (Å²) in [5.41, 5.74) is 0. The molecular weight excluding hydrogens is 170 g/mol. The van der Waals surface area contributed by atoms with E-state index in [1.807, 2.05) is 6.92 Å². The van der Waals surface area contributed by atoms with Crippen molar-refractivity contribution in [2.75, 3.05) is 13.2 Å². The number of aromatic nitrogens is 2. The summed E-state index contributed by atoms with van der Waals surface area (Å²) in [5.74, 6) is 1.48. The molecule has 0 amide bonds. The highest BCUT2D eigenvalue weighted by Gasteiger charge is 2.03. The molecular formula is C8H15N3O2. The lowest BCUT2D eigenvalue weighted by Gasteiger charge is -2.06. The van der Waals surface area contributed by atoms with E-state index in [2.05, 4.69) is 15.5 Å². The maximum absolute atomic E-state index is 8.74. The summed E-state index contributed by atoms with van der Waals surface area (Å²) in [4.78, 5) is 4.03. The maximum atomic E-state index is 8.74. The van der Waals surface area contributed by atoms with Gasteiger partial charge in [-0.15, -0.1) is 0 Å². The van der Waals surface area contributed by atoms with E-state index >= 15 is 0 Å². The number of aliphatic hydroxyl groups excluding tert-OH is 1. The quantitative estimate of drug-likeness (QED) is 0.680. The SMILES string of the molecule is Cc1noc(CNCC(C)CO)n1. The van der Waals surface area contributed by atoms with Gasteiger partial charge < -0.3 is 14.9 Å². The molecule has 0 aliphatic carbocycles. The molecule has 0 aliphatic rings. The molecule has 1 aromatic heterocycles. The molecule has 5 heteroatoms. The number of nitrogens with zero attached hydrogens (tertiary/aromatic N) is 2. The van der Waals surface area contributed by atoms with Crippen LogP contribution in [0.25, 0.3) is 0 Å². The average Bonchev–Trinajstić information content (AvgIpc) is 2.51. The third-order valence-electron chi connectivity index (χ3n) is 1.65. The fourth-order valence-corrected chi connectivity index (χ4v) is 0.902. The number of aryl methyl sites for hydroxylation is 1. The molecule has 1 heterocycles. The second-order valence-electron chi connectivity index (χ2n) is 3.15. The molecule has 0 saturated carbocycles. The van der Waals surface area contributed by atoms with E-state index in [0.717, 1.165) is 6.54 Å². The van der Waals surface area contributed by atoms with Crippen molar-refractivity contribution in [3.63, 3.8) is 0 Å². The van der Waals surface area contributed by atoms with Gasteiger partial charge in [0.15, 0.2) is 5.82 Å². The minimum Gasteiger partial charge on any atom is -0.396 e. The van der Waals surface area contributed by atoms with Crippen LogP contribution in [0, 0.1) is 12.8 Å². The van der Waals surface area contributed by atoms with Gasteiger partial charge >= 0.3 is 0 Å². The van der Waals surface area contributed by atoms with Gasteiger partial charge in [0.25, 0.3) is 0 Å². The molecule has 1 atom stereocenters. The van der Waals surface area contributed by atoms with E-state index in [1.54, 1.807) is 6.92 Å². The van der Waals surface area contributed by atoms with Gasteiger partial charge in [-0.25, -0.2) is 0 Å². The first-order chi connectivity index (χ1) is 6.22. The molecule has 0 aliphatic heterocycles. The van der Waals surface area contributed by atoms with Crippen LogP contribution in [-0.4, -0.2) is 28.4 Å². The second-order valence-corrected chi connectivity index (χ2v) is 3.15. The van der Waals surface area contributed by atoms with Crippen LogP contribution in [0.2, 0.25) is 0 Å². The summed E-state index contributed by atoms with van der Waals surface area (Å²) in [6, 6.07) is 0. The number of aliphatic hydroxyl groups is 1. The second kappa shape index (κ2) is 4.94. The van der Waals surface area contributed by atoms with Gasteiger partial charge in [-0.3, -0.25) is 0 Å². The van der Waals surface area contributed by atoms with E-state index in [1.165, 1.54) is 0 Å². The Balaban J connectivity index is 2.20. The van der Waals surface area contributed by atoms with Gasteiger partial charge in [0, 0.05) is 13.2 Å². The summed E-state index contributed by atoms with van der Waals surface area (Å²) >= 11 is 0. The van der Waals surface area contributed by atoms with E-state index in [0.29, 0.717) is 18.3 Å². The molecule has 74 valence electrons. The predicted molar refractivity (Wildman–Crippen MR) is 47.0 cm³/mol. The zero-order chi connectivity index (χ0) is 9.68. The lowest BCUT2D eigenvalue weighted by atomic mass is 10.2. The summed E-state index contributed by atoms with van der Waals surface area (Å²) in [7, 11) is 0.